The van der Waals surface area contributed by atoms with Crippen LogP contribution in [-0.2, 0) is 9.59 Å². The number of carbonyl (C=O) groups is 2. The predicted molar refractivity (Wildman–Crippen MR) is 115 cm³/mol. The molecule has 2 heterocycles. The zero-order valence-corrected chi connectivity index (χ0v) is 17.5. The molecule has 2 aromatic heterocycles. The molecule has 0 atom stereocenters. The molecule has 28 heavy (non-hydrogen) atoms. The summed E-state index contributed by atoms with van der Waals surface area (Å²) >= 11 is 3.17. The number of hydrogen-bond acceptors (Lipinski definition) is 6. The number of rotatable bonds is 8. The summed E-state index contributed by atoms with van der Waals surface area (Å²) in [5.41, 5.74) is 3.49. The number of amides is 2. The Bertz CT molecular complexity index is 970. The van der Waals surface area contributed by atoms with Gasteiger partial charge in [0.05, 0.1) is 5.39 Å². The Morgan fingerprint density at radius 2 is 1.86 bits per heavy atom. The van der Waals surface area contributed by atoms with Crippen molar-refractivity contribution in [2.75, 3.05) is 18.8 Å². The molecule has 8 heteroatoms. The van der Waals surface area contributed by atoms with Gasteiger partial charge in [0, 0.05) is 43.1 Å². The highest BCUT2D eigenvalue weighted by Gasteiger charge is 2.14. The number of fused-ring (bicyclic) bond motifs is 1. The Balaban J connectivity index is 1.63. The molecule has 0 aliphatic rings. The lowest BCUT2D eigenvalue weighted by Gasteiger charge is -2.07. The summed E-state index contributed by atoms with van der Waals surface area (Å²) in [4.78, 5) is 32.6. The minimum Gasteiger partial charge on any atom is -0.355 e. The maximum absolute atomic E-state index is 11.9. The first-order chi connectivity index (χ1) is 13.5. The molecule has 0 unspecified atom stereocenters. The maximum Gasteiger partial charge on any atom is 0.220 e. The van der Waals surface area contributed by atoms with Crippen molar-refractivity contribution in [2.24, 2.45) is 0 Å². The zero-order valence-electron chi connectivity index (χ0n) is 15.8. The van der Waals surface area contributed by atoms with Gasteiger partial charge in [-0.05, 0) is 12.5 Å². The van der Waals surface area contributed by atoms with E-state index in [0.29, 0.717) is 25.3 Å². The summed E-state index contributed by atoms with van der Waals surface area (Å²) in [6.07, 6.45) is 1.97. The van der Waals surface area contributed by atoms with Gasteiger partial charge in [-0.25, -0.2) is 9.97 Å². The summed E-state index contributed by atoms with van der Waals surface area (Å²) in [7, 11) is 0. The fraction of sp³-hybridized carbons (Fsp3) is 0.300. The quantitative estimate of drug-likeness (QED) is 0.335. The Kier molecular flexibility index (Phi) is 7.00. The lowest BCUT2D eigenvalue weighted by Crippen LogP contribution is -2.33. The van der Waals surface area contributed by atoms with Gasteiger partial charge in [-0.1, -0.05) is 29.8 Å². The van der Waals surface area contributed by atoms with Crippen LogP contribution in [-0.4, -0.2) is 40.6 Å². The molecule has 1 aromatic carbocycles. The number of thiophene rings is 1. The molecule has 0 saturated carbocycles. The van der Waals surface area contributed by atoms with E-state index in [1.54, 1.807) is 29.4 Å². The Morgan fingerprint density at radius 3 is 2.61 bits per heavy atom. The lowest BCUT2D eigenvalue weighted by molar-refractivity contribution is -0.121. The van der Waals surface area contributed by atoms with Crippen molar-refractivity contribution >= 4 is 45.1 Å². The first-order valence-corrected chi connectivity index (χ1v) is 10.8. The highest BCUT2D eigenvalue weighted by molar-refractivity contribution is 7.99. The topological polar surface area (TPSA) is 84.0 Å². The average Bonchev–Trinajstić information content (AvgIpc) is 3.11. The summed E-state index contributed by atoms with van der Waals surface area (Å²) in [5, 5.41) is 9.51. The number of carbonyl (C=O) groups excluding carboxylic acids is 2. The van der Waals surface area contributed by atoms with E-state index >= 15 is 0 Å². The van der Waals surface area contributed by atoms with Gasteiger partial charge in [0.15, 0.2) is 0 Å². The average molecular weight is 415 g/mol. The number of aryl methyl sites for hydroxylation is 1. The summed E-state index contributed by atoms with van der Waals surface area (Å²) in [6, 6.07) is 8.42. The van der Waals surface area contributed by atoms with Gasteiger partial charge < -0.3 is 10.6 Å². The van der Waals surface area contributed by atoms with Crippen LogP contribution in [0.25, 0.3) is 21.3 Å². The van der Waals surface area contributed by atoms with Crippen molar-refractivity contribution < 1.29 is 9.59 Å². The van der Waals surface area contributed by atoms with E-state index in [-0.39, 0.29) is 11.8 Å². The smallest absolute Gasteiger partial charge is 0.220 e. The molecule has 6 nitrogen and oxygen atoms in total. The van der Waals surface area contributed by atoms with E-state index in [1.165, 1.54) is 12.5 Å². The Hall–Kier alpha value is -2.45. The highest BCUT2D eigenvalue weighted by Crippen LogP contribution is 2.37. The standard InChI is InChI=1S/C20H22N4O2S2/c1-13-3-5-15(6-4-13)16-11-28-20-18(16)19(23-12-24-20)27-10-7-17(26)22-9-8-21-14(2)25/h3-6,11-12H,7-10H2,1-2H3,(H,21,25)(H,22,26). The molecule has 2 amide bonds. The van der Waals surface area contributed by atoms with E-state index in [4.69, 9.17) is 0 Å². The number of nitrogens with one attached hydrogen (secondary N) is 2. The van der Waals surface area contributed by atoms with E-state index < -0.39 is 0 Å². The van der Waals surface area contributed by atoms with Gasteiger partial charge in [0.1, 0.15) is 16.2 Å². The molecule has 0 saturated heterocycles. The van der Waals surface area contributed by atoms with Crippen molar-refractivity contribution in [3.05, 3.63) is 41.5 Å². The molecule has 2 N–H and O–H groups in total. The number of hydrogen-bond donors (Lipinski definition) is 2. The number of benzene rings is 1. The van der Waals surface area contributed by atoms with Crippen molar-refractivity contribution in [2.45, 2.75) is 25.3 Å². The first kappa shape index (κ1) is 20.3. The summed E-state index contributed by atoms with van der Waals surface area (Å²) < 4.78 is 0. The van der Waals surface area contributed by atoms with Crippen LogP contribution in [0.1, 0.15) is 18.9 Å². The van der Waals surface area contributed by atoms with Gasteiger partial charge >= 0.3 is 0 Å². The van der Waals surface area contributed by atoms with Crippen LogP contribution in [0.3, 0.4) is 0 Å². The second-order valence-electron chi connectivity index (χ2n) is 6.31. The fourth-order valence-corrected chi connectivity index (χ4v) is 4.61. The van der Waals surface area contributed by atoms with Crippen LogP contribution in [0, 0.1) is 6.92 Å². The van der Waals surface area contributed by atoms with Gasteiger partial charge in [-0.3, -0.25) is 9.59 Å². The van der Waals surface area contributed by atoms with E-state index in [9.17, 15) is 9.59 Å². The van der Waals surface area contributed by atoms with Gasteiger partial charge in [0.25, 0.3) is 0 Å². The normalized spacial score (nSPS) is 10.8. The molecular weight excluding hydrogens is 392 g/mol. The minimum atomic E-state index is -0.0993. The third-order valence-corrected chi connectivity index (χ3v) is 5.96. The SMILES string of the molecule is CC(=O)NCCNC(=O)CCSc1ncnc2scc(-c3ccc(C)cc3)c12. The second kappa shape index (κ2) is 9.66. The van der Waals surface area contributed by atoms with Crippen molar-refractivity contribution in [3.63, 3.8) is 0 Å². The molecule has 3 rings (SSSR count). The number of thioether (sulfide) groups is 1. The van der Waals surface area contributed by atoms with Crippen LogP contribution in [0.15, 0.2) is 41.0 Å². The van der Waals surface area contributed by atoms with Crippen LogP contribution in [0.5, 0.6) is 0 Å². The summed E-state index contributed by atoms with van der Waals surface area (Å²) in [6.45, 7) is 4.40. The molecule has 0 fully saturated rings. The zero-order chi connectivity index (χ0) is 19.9. The molecular formula is C20H22N4O2S2. The molecule has 3 aromatic rings. The van der Waals surface area contributed by atoms with Gasteiger partial charge in [-0.15, -0.1) is 23.1 Å². The van der Waals surface area contributed by atoms with E-state index in [0.717, 1.165) is 26.4 Å². The molecule has 146 valence electrons. The third-order valence-electron chi connectivity index (χ3n) is 4.09. The second-order valence-corrected chi connectivity index (χ2v) is 8.25. The first-order valence-electron chi connectivity index (χ1n) is 8.98. The van der Waals surface area contributed by atoms with Crippen LogP contribution in [0.4, 0.5) is 0 Å². The minimum absolute atomic E-state index is 0.0350. The van der Waals surface area contributed by atoms with E-state index in [1.807, 2.05) is 0 Å². The molecule has 0 spiro atoms. The van der Waals surface area contributed by atoms with Gasteiger partial charge in [0.2, 0.25) is 11.8 Å². The van der Waals surface area contributed by atoms with Crippen molar-refractivity contribution in [1.29, 1.82) is 0 Å². The summed E-state index contributed by atoms with van der Waals surface area (Å²) in [5.74, 6) is 0.492. The Morgan fingerprint density at radius 1 is 1.11 bits per heavy atom. The lowest BCUT2D eigenvalue weighted by atomic mass is 10.1. The molecule has 0 aliphatic carbocycles. The molecule has 0 radical (unpaired) electrons. The molecule has 0 aliphatic heterocycles. The largest absolute Gasteiger partial charge is 0.355 e. The van der Waals surface area contributed by atoms with E-state index in [2.05, 4.69) is 57.2 Å². The highest BCUT2D eigenvalue weighted by atomic mass is 32.2. The molecule has 0 bridgehead atoms. The number of aromatic nitrogens is 2. The monoisotopic (exact) mass is 414 g/mol. The van der Waals surface area contributed by atoms with Crippen molar-refractivity contribution in [1.82, 2.24) is 20.6 Å². The fourth-order valence-electron chi connectivity index (χ4n) is 2.67. The number of nitrogens with zero attached hydrogens (tertiary/aromatic N) is 2. The third kappa shape index (κ3) is 5.30. The van der Waals surface area contributed by atoms with Crippen molar-refractivity contribution in [3.8, 4) is 11.1 Å². The van der Waals surface area contributed by atoms with Crippen LogP contribution in [0.2, 0.25) is 0 Å². The van der Waals surface area contributed by atoms with Crippen LogP contribution < -0.4 is 10.6 Å². The predicted octanol–water partition coefficient (Wildman–Crippen LogP) is 3.40. The van der Waals surface area contributed by atoms with Crippen LogP contribution >= 0.6 is 23.1 Å². The van der Waals surface area contributed by atoms with Gasteiger partial charge in [-0.2, -0.15) is 0 Å². The Labute approximate surface area is 172 Å². The maximum atomic E-state index is 11.9.